The van der Waals surface area contributed by atoms with Crippen molar-refractivity contribution in [3.8, 4) is 0 Å². The molecule has 1 atom stereocenters. The summed E-state index contributed by atoms with van der Waals surface area (Å²) in [6.07, 6.45) is 1.06. The van der Waals surface area contributed by atoms with E-state index in [9.17, 15) is 4.79 Å². The summed E-state index contributed by atoms with van der Waals surface area (Å²) in [5.41, 5.74) is 1.25. The van der Waals surface area contributed by atoms with Crippen LogP contribution < -0.4 is 5.32 Å². The van der Waals surface area contributed by atoms with Crippen molar-refractivity contribution in [2.24, 2.45) is 5.92 Å². The van der Waals surface area contributed by atoms with Gasteiger partial charge in [0, 0.05) is 31.6 Å². The van der Waals surface area contributed by atoms with Crippen molar-refractivity contribution in [1.82, 2.24) is 15.4 Å². The quantitative estimate of drug-likeness (QED) is 0.828. The Bertz CT molecular complexity index is 534. The van der Waals surface area contributed by atoms with Gasteiger partial charge in [0.15, 0.2) is 5.76 Å². The normalized spacial score (nSPS) is 17.5. The average molecular weight is 337 g/mol. The van der Waals surface area contributed by atoms with E-state index in [1.54, 1.807) is 0 Å². The van der Waals surface area contributed by atoms with Crippen molar-refractivity contribution in [3.05, 3.63) is 17.0 Å². The Morgan fingerprint density at radius 1 is 1.25 bits per heavy atom. The molecule has 2 rings (SSSR count). The molecular formula is C18H31N3O3. The van der Waals surface area contributed by atoms with Crippen molar-refractivity contribution in [2.75, 3.05) is 32.8 Å². The number of morpholine rings is 1. The lowest BCUT2D eigenvalue weighted by molar-refractivity contribution is 0.0124. The van der Waals surface area contributed by atoms with Crippen LogP contribution in [-0.4, -0.2) is 54.9 Å². The number of aromatic nitrogens is 1. The third-order valence-electron chi connectivity index (χ3n) is 4.44. The zero-order valence-corrected chi connectivity index (χ0v) is 15.6. The van der Waals surface area contributed by atoms with Gasteiger partial charge in [-0.3, -0.25) is 9.69 Å². The van der Waals surface area contributed by atoms with E-state index in [0.29, 0.717) is 35.5 Å². The Kier molecular flexibility index (Phi) is 6.80. The number of nitrogens with zero attached hydrogens (tertiary/aromatic N) is 2. The van der Waals surface area contributed by atoms with Crippen molar-refractivity contribution in [3.63, 3.8) is 0 Å². The van der Waals surface area contributed by atoms with Crippen LogP contribution in [0.1, 0.15) is 61.8 Å². The molecule has 1 fully saturated rings. The number of hydrogen-bond donors (Lipinski definition) is 1. The molecule has 1 saturated heterocycles. The van der Waals surface area contributed by atoms with Crippen molar-refractivity contribution in [2.45, 2.75) is 53.0 Å². The van der Waals surface area contributed by atoms with Crippen molar-refractivity contribution in [1.29, 1.82) is 0 Å². The molecule has 136 valence electrons. The van der Waals surface area contributed by atoms with Crippen LogP contribution in [0, 0.1) is 12.8 Å². The molecule has 0 aromatic carbocycles. The SMILES string of the molecule is Cc1noc(C(C)C)c1C(=O)NC[C@@H](CC(C)C)N1CCOCC1. The molecule has 1 amide bonds. The van der Waals surface area contributed by atoms with Gasteiger partial charge in [0.2, 0.25) is 0 Å². The summed E-state index contributed by atoms with van der Waals surface area (Å²) in [7, 11) is 0. The van der Waals surface area contributed by atoms with E-state index < -0.39 is 0 Å². The van der Waals surface area contributed by atoms with Gasteiger partial charge >= 0.3 is 0 Å². The summed E-state index contributed by atoms with van der Waals surface area (Å²) in [6.45, 7) is 14.3. The highest BCUT2D eigenvalue weighted by molar-refractivity contribution is 5.96. The minimum atomic E-state index is -0.0838. The third kappa shape index (κ3) is 4.80. The average Bonchev–Trinajstić information content (AvgIpc) is 2.93. The first-order valence-electron chi connectivity index (χ1n) is 8.96. The molecule has 0 radical (unpaired) electrons. The van der Waals surface area contributed by atoms with Gasteiger partial charge in [-0.2, -0.15) is 0 Å². The highest BCUT2D eigenvalue weighted by Crippen LogP contribution is 2.22. The monoisotopic (exact) mass is 337 g/mol. The second kappa shape index (κ2) is 8.62. The van der Waals surface area contributed by atoms with Gasteiger partial charge in [0.05, 0.1) is 18.9 Å². The Labute approximate surface area is 144 Å². The van der Waals surface area contributed by atoms with Crippen LogP contribution in [0.3, 0.4) is 0 Å². The molecule has 1 aromatic heterocycles. The van der Waals surface area contributed by atoms with Gasteiger partial charge in [-0.15, -0.1) is 0 Å². The van der Waals surface area contributed by atoms with Crippen LogP contribution in [0.4, 0.5) is 0 Å². The van der Waals surface area contributed by atoms with Gasteiger partial charge in [-0.25, -0.2) is 0 Å². The predicted molar refractivity (Wildman–Crippen MR) is 93.3 cm³/mol. The molecule has 0 aliphatic carbocycles. The lowest BCUT2D eigenvalue weighted by Gasteiger charge is -2.35. The van der Waals surface area contributed by atoms with E-state index in [1.165, 1.54) is 0 Å². The van der Waals surface area contributed by atoms with Gasteiger partial charge in [-0.05, 0) is 19.3 Å². The second-order valence-corrected chi connectivity index (χ2v) is 7.30. The molecule has 24 heavy (non-hydrogen) atoms. The van der Waals surface area contributed by atoms with E-state index in [1.807, 2.05) is 20.8 Å². The van der Waals surface area contributed by atoms with E-state index in [4.69, 9.17) is 9.26 Å². The standard InChI is InChI=1S/C18H31N3O3/c1-12(2)10-15(21-6-8-23-9-7-21)11-19-18(22)16-14(5)20-24-17(16)13(3)4/h12-13,15H,6-11H2,1-5H3,(H,19,22)/t15-/m1/s1. The summed E-state index contributed by atoms with van der Waals surface area (Å²) in [5, 5.41) is 7.06. The Morgan fingerprint density at radius 2 is 1.92 bits per heavy atom. The van der Waals surface area contributed by atoms with E-state index in [2.05, 4.69) is 29.2 Å². The molecule has 0 unspecified atom stereocenters. The molecule has 0 spiro atoms. The zero-order valence-electron chi connectivity index (χ0n) is 15.6. The lowest BCUT2D eigenvalue weighted by Crippen LogP contribution is -2.49. The van der Waals surface area contributed by atoms with Crippen LogP contribution in [0.15, 0.2) is 4.52 Å². The van der Waals surface area contributed by atoms with Crippen LogP contribution in [-0.2, 0) is 4.74 Å². The lowest BCUT2D eigenvalue weighted by atomic mass is 10.0. The minimum Gasteiger partial charge on any atom is -0.379 e. The Hall–Kier alpha value is -1.40. The number of carbonyl (C=O) groups excluding carboxylic acids is 1. The molecular weight excluding hydrogens is 306 g/mol. The highest BCUT2D eigenvalue weighted by atomic mass is 16.5. The number of nitrogens with one attached hydrogen (secondary N) is 1. The maximum absolute atomic E-state index is 12.7. The zero-order chi connectivity index (χ0) is 17.7. The van der Waals surface area contributed by atoms with Gasteiger partial charge in [-0.1, -0.05) is 32.9 Å². The van der Waals surface area contributed by atoms with Crippen molar-refractivity contribution < 1.29 is 14.1 Å². The second-order valence-electron chi connectivity index (χ2n) is 7.30. The molecule has 0 bridgehead atoms. The Morgan fingerprint density at radius 3 is 2.50 bits per heavy atom. The first kappa shape index (κ1) is 18.9. The molecule has 6 nitrogen and oxygen atoms in total. The maximum Gasteiger partial charge on any atom is 0.256 e. The van der Waals surface area contributed by atoms with E-state index in [-0.39, 0.29) is 11.8 Å². The van der Waals surface area contributed by atoms with Gasteiger partial charge in [0.1, 0.15) is 5.56 Å². The van der Waals surface area contributed by atoms with Gasteiger partial charge in [0.25, 0.3) is 5.91 Å². The fourth-order valence-corrected chi connectivity index (χ4v) is 3.20. The fraction of sp³-hybridized carbons (Fsp3) is 0.778. The number of ether oxygens (including phenoxy) is 1. The summed E-state index contributed by atoms with van der Waals surface area (Å²) in [6, 6.07) is 0.334. The number of hydrogen-bond acceptors (Lipinski definition) is 5. The van der Waals surface area contributed by atoms with Crippen LogP contribution in [0.25, 0.3) is 0 Å². The molecule has 1 aromatic rings. The first-order valence-corrected chi connectivity index (χ1v) is 8.96. The third-order valence-corrected chi connectivity index (χ3v) is 4.44. The Balaban J connectivity index is 2.02. The molecule has 1 aliphatic rings. The molecule has 1 aliphatic heterocycles. The summed E-state index contributed by atoms with van der Waals surface area (Å²) in [4.78, 5) is 15.1. The molecule has 6 heteroatoms. The largest absolute Gasteiger partial charge is 0.379 e. The number of carbonyl (C=O) groups is 1. The summed E-state index contributed by atoms with van der Waals surface area (Å²) in [5.74, 6) is 1.30. The number of amides is 1. The summed E-state index contributed by atoms with van der Waals surface area (Å²) < 4.78 is 10.8. The van der Waals surface area contributed by atoms with E-state index in [0.717, 1.165) is 32.7 Å². The number of rotatable bonds is 7. The molecule has 2 heterocycles. The summed E-state index contributed by atoms with van der Waals surface area (Å²) >= 11 is 0. The van der Waals surface area contributed by atoms with E-state index >= 15 is 0 Å². The first-order chi connectivity index (χ1) is 11.4. The van der Waals surface area contributed by atoms with Gasteiger partial charge < -0.3 is 14.6 Å². The fourth-order valence-electron chi connectivity index (χ4n) is 3.20. The topological polar surface area (TPSA) is 67.6 Å². The smallest absolute Gasteiger partial charge is 0.256 e. The number of aryl methyl sites for hydroxylation is 1. The van der Waals surface area contributed by atoms with Crippen LogP contribution >= 0.6 is 0 Å². The maximum atomic E-state index is 12.7. The van der Waals surface area contributed by atoms with Crippen LogP contribution in [0.2, 0.25) is 0 Å². The predicted octanol–water partition coefficient (Wildman–Crippen LogP) is 2.58. The van der Waals surface area contributed by atoms with Crippen LogP contribution in [0.5, 0.6) is 0 Å². The van der Waals surface area contributed by atoms with Crippen molar-refractivity contribution >= 4 is 5.91 Å². The molecule has 0 saturated carbocycles. The minimum absolute atomic E-state index is 0.0838. The molecule has 1 N–H and O–H groups in total. The highest BCUT2D eigenvalue weighted by Gasteiger charge is 2.26.